The molecule has 0 aromatic heterocycles. The number of hydrogen-bond donors (Lipinski definition) is 1. The number of halogens is 1. The van der Waals surface area contributed by atoms with Crippen LogP contribution in [0.1, 0.15) is 22.8 Å². The number of amides is 1. The van der Waals surface area contributed by atoms with E-state index in [0.717, 1.165) is 5.56 Å². The predicted molar refractivity (Wildman–Crippen MR) is 88.3 cm³/mol. The van der Waals surface area contributed by atoms with Gasteiger partial charge in [-0.05, 0) is 37.6 Å². The van der Waals surface area contributed by atoms with Crippen molar-refractivity contribution in [2.75, 3.05) is 19.0 Å². The van der Waals surface area contributed by atoms with Crippen LogP contribution < -0.4 is 14.8 Å². The van der Waals surface area contributed by atoms with Gasteiger partial charge in [-0.3, -0.25) is 4.79 Å². The minimum Gasteiger partial charge on any atom is -0.495 e. The molecule has 0 saturated heterocycles. The lowest BCUT2D eigenvalue weighted by Gasteiger charge is -2.14. The van der Waals surface area contributed by atoms with E-state index in [1.54, 1.807) is 30.3 Å². The first-order valence-corrected chi connectivity index (χ1v) is 7.32. The van der Waals surface area contributed by atoms with Gasteiger partial charge < -0.3 is 14.8 Å². The molecule has 0 aliphatic heterocycles. The Balaban J connectivity index is 2.31. The number of para-hydroxylation sites is 1. The minimum absolute atomic E-state index is 0.260. The molecule has 0 bridgehead atoms. The van der Waals surface area contributed by atoms with Crippen LogP contribution in [0.3, 0.4) is 0 Å². The zero-order valence-corrected chi connectivity index (χ0v) is 13.5. The summed E-state index contributed by atoms with van der Waals surface area (Å²) in [6.45, 7) is 4.24. The fourth-order valence-corrected chi connectivity index (χ4v) is 2.21. The highest BCUT2D eigenvalue weighted by Crippen LogP contribution is 2.31. The second-order valence-corrected chi connectivity index (χ2v) is 5.09. The molecule has 0 atom stereocenters. The van der Waals surface area contributed by atoms with Gasteiger partial charge in [-0.1, -0.05) is 23.7 Å². The highest BCUT2D eigenvalue weighted by molar-refractivity contribution is 6.31. The molecule has 1 N–H and O–H groups in total. The van der Waals surface area contributed by atoms with Gasteiger partial charge in [0, 0.05) is 11.1 Å². The third-order valence-corrected chi connectivity index (χ3v) is 3.57. The third kappa shape index (κ3) is 3.52. The SMILES string of the molecule is CCOc1ccccc1C(=O)Nc1cc(C)c(Cl)cc1OC. The summed E-state index contributed by atoms with van der Waals surface area (Å²) in [5.41, 5.74) is 1.90. The number of methoxy groups -OCH3 is 1. The van der Waals surface area contributed by atoms with Gasteiger partial charge in [0.2, 0.25) is 0 Å². The molecule has 0 radical (unpaired) electrons. The van der Waals surface area contributed by atoms with E-state index < -0.39 is 0 Å². The number of carbonyl (C=O) groups is 1. The Morgan fingerprint density at radius 2 is 1.95 bits per heavy atom. The van der Waals surface area contributed by atoms with Crippen molar-refractivity contribution < 1.29 is 14.3 Å². The predicted octanol–water partition coefficient (Wildman–Crippen LogP) is 4.31. The molecule has 2 rings (SSSR count). The van der Waals surface area contributed by atoms with Crippen molar-refractivity contribution in [1.29, 1.82) is 0 Å². The molecule has 2 aromatic rings. The molecule has 0 unspecified atom stereocenters. The molecule has 2 aromatic carbocycles. The normalized spacial score (nSPS) is 10.2. The summed E-state index contributed by atoms with van der Waals surface area (Å²) in [6, 6.07) is 10.6. The van der Waals surface area contributed by atoms with Crippen LogP contribution in [0.5, 0.6) is 11.5 Å². The van der Waals surface area contributed by atoms with E-state index in [1.165, 1.54) is 7.11 Å². The largest absolute Gasteiger partial charge is 0.495 e. The highest BCUT2D eigenvalue weighted by atomic mass is 35.5. The lowest BCUT2D eigenvalue weighted by atomic mass is 10.1. The van der Waals surface area contributed by atoms with Gasteiger partial charge in [-0.15, -0.1) is 0 Å². The van der Waals surface area contributed by atoms with Crippen LogP contribution in [0.4, 0.5) is 5.69 Å². The van der Waals surface area contributed by atoms with Crippen molar-refractivity contribution in [3.8, 4) is 11.5 Å². The minimum atomic E-state index is -0.260. The molecule has 0 heterocycles. The maximum Gasteiger partial charge on any atom is 0.259 e. The van der Waals surface area contributed by atoms with Crippen LogP contribution in [0.25, 0.3) is 0 Å². The third-order valence-electron chi connectivity index (χ3n) is 3.16. The summed E-state index contributed by atoms with van der Waals surface area (Å²) >= 11 is 6.07. The second kappa shape index (κ2) is 7.18. The van der Waals surface area contributed by atoms with Gasteiger partial charge in [-0.25, -0.2) is 0 Å². The van der Waals surface area contributed by atoms with Gasteiger partial charge in [0.1, 0.15) is 11.5 Å². The molecule has 0 saturated carbocycles. The molecule has 1 amide bonds. The van der Waals surface area contributed by atoms with Gasteiger partial charge in [-0.2, -0.15) is 0 Å². The summed E-state index contributed by atoms with van der Waals surface area (Å²) in [7, 11) is 1.53. The number of rotatable bonds is 5. The molecule has 0 aliphatic rings. The molecule has 4 nitrogen and oxygen atoms in total. The van der Waals surface area contributed by atoms with E-state index in [0.29, 0.717) is 34.4 Å². The number of aryl methyl sites for hydroxylation is 1. The number of nitrogens with one attached hydrogen (secondary N) is 1. The number of hydrogen-bond acceptors (Lipinski definition) is 3. The van der Waals surface area contributed by atoms with Crippen LogP contribution in [0, 0.1) is 6.92 Å². The Labute approximate surface area is 135 Å². The van der Waals surface area contributed by atoms with Gasteiger partial charge in [0.25, 0.3) is 5.91 Å². The summed E-state index contributed by atoms with van der Waals surface area (Å²) in [6.07, 6.45) is 0. The number of anilines is 1. The fraction of sp³-hybridized carbons (Fsp3) is 0.235. The first kappa shape index (κ1) is 16.2. The van der Waals surface area contributed by atoms with Crippen LogP contribution in [-0.2, 0) is 0 Å². The molecule has 0 fully saturated rings. The Kier molecular flexibility index (Phi) is 5.28. The Hall–Kier alpha value is -2.20. The quantitative estimate of drug-likeness (QED) is 0.893. The van der Waals surface area contributed by atoms with Crippen LogP contribution >= 0.6 is 11.6 Å². The van der Waals surface area contributed by atoms with Crippen LogP contribution in [0.15, 0.2) is 36.4 Å². The fourth-order valence-electron chi connectivity index (χ4n) is 2.06. The lowest BCUT2D eigenvalue weighted by Crippen LogP contribution is -2.14. The van der Waals surface area contributed by atoms with E-state index in [4.69, 9.17) is 21.1 Å². The van der Waals surface area contributed by atoms with Crippen LogP contribution in [0.2, 0.25) is 5.02 Å². The monoisotopic (exact) mass is 319 g/mol. The van der Waals surface area contributed by atoms with Crippen molar-refractivity contribution in [3.63, 3.8) is 0 Å². The zero-order valence-electron chi connectivity index (χ0n) is 12.8. The molecular formula is C17H18ClNO3. The second-order valence-electron chi connectivity index (χ2n) is 4.68. The maximum absolute atomic E-state index is 12.5. The summed E-state index contributed by atoms with van der Waals surface area (Å²) in [5, 5.41) is 3.43. The Morgan fingerprint density at radius 3 is 2.64 bits per heavy atom. The van der Waals surface area contributed by atoms with Gasteiger partial charge >= 0.3 is 0 Å². The first-order valence-electron chi connectivity index (χ1n) is 6.94. The molecule has 0 aliphatic carbocycles. The smallest absolute Gasteiger partial charge is 0.259 e. The first-order chi connectivity index (χ1) is 10.6. The average Bonchev–Trinajstić information content (AvgIpc) is 2.51. The summed E-state index contributed by atoms with van der Waals surface area (Å²) in [4.78, 5) is 12.5. The van der Waals surface area contributed by atoms with Crippen molar-refractivity contribution in [1.82, 2.24) is 0 Å². The number of benzene rings is 2. The topological polar surface area (TPSA) is 47.6 Å². The Bertz CT molecular complexity index is 686. The molecule has 0 spiro atoms. The molecule has 116 valence electrons. The average molecular weight is 320 g/mol. The van der Waals surface area contributed by atoms with E-state index >= 15 is 0 Å². The maximum atomic E-state index is 12.5. The van der Waals surface area contributed by atoms with Crippen molar-refractivity contribution in [3.05, 3.63) is 52.5 Å². The van der Waals surface area contributed by atoms with E-state index in [2.05, 4.69) is 5.32 Å². The number of ether oxygens (including phenoxy) is 2. The van der Waals surface area contributed by atoms with Crippen molar-refractivity contribution in [2.24, 2.45) is 0 Å². The van der Waals surface area contributed by atoms with Crippen molar-refractivity contribution in [2.45, 2.75) is 13.8 Å². The van der Waals surface area contributed by atoms with E-state index in [9.17, 15) is 4.79 Å². The van der Waals surface area contributed by atoms with Crippen molar-refractivity contribution >= 4 is 23.2 Å². The lowest BCUT2D eigenvalue weighted by molar-refractivity contribution is 0.102. The molecule has 5 heteroatoms. The standard InChI is InChI=1S/C17H18ClNO3/c1-4-22-15-8-6-5-7-12(15)17(20)19-14-9-11(2)13(18)10-16(14)21-3/h5-10H,4H2,1-3H3,(H,19,20). The Morgan fingerprint density at radius 1 is 1.23 bits per heavy atom. The zero-order chi connectivity index (χ0) is 16.1. The summed E-state index contributed by atoms with van der Waals surface area (Å²) < 4.78 is 10.7. The van der Waals surface area contributed by atoms with Gasteiger partial charge in [0.05, 0.1) is 25.0 Å². The van der Waals surface area contributed by atoms with Crippen LogP contribution in [-0.4, -0.2) is 19.6 Å². The summed E-state index contributed by atoms with van der Waals surface area (Å²) in [5.74, 6) is 0.800. The van der Waals surface area contributed by atoms with E-state index in [1.807, 2.05) is 19.9 Å². The molecule has 22 heavy (non-hydrogen) atoms. The van der Waals surface area contributed by atoms with E-state index in [-0.39, 0.29) is 5.91 Å². The molecular weight excluding hydrogens is 302 g/mol. The highest BCUT2D eigenvalue weighted by Gasteiger charge is 2.15. The number of carbonyl (C=O) groups excluding carboxylic acids is 1. The van der Waals surface area contributed by atoms with Gasteiger partial charge in [0.15, 0.2) is 0 Å².